The van der Waals surface area contributed by atoms with E-state index in [0.717, 1.165) is 96.8 Å². The van der Waals surface area contributed by atoms with Crippen molar-refractivity contribution >= 4 is 11.8 Å². The third kappa shape index (κ3) is 5.07. The molecule has 0 aromatic carbocycles. The second kappa shape index (κ2) is 9.12. The Hall–Kier alpha value is -1.14. The summed E-state index contributed by atoms with van der Waals surface area (Å²) >= 11 is 0. The summed E-state index contributed by atoms with van der Waals surface area (Å²) in [6, 6.07) is 0.551. The Morgan fingerprint density at radius 1 is 0.821 bits per heavy atom. The molecule has 1 aliphatic carbocycles. The fourth-order valence-corrected chi connectivity index (χ4v) is 5.20. The van der Waals surface area contributed by atoms with Crippen molar-refractivity contribution in [3.63, 3.8) is 0 Å². The first-order valence-electron chi connectivity index (χ1n) is 11.6. The number of amides is 2. The summed E-state index contributed by atoms with van der Waals surface area (Å²) in [5, 5.41) is 0. The van der Waals surface area contributed by atoms with E-state index in [9.17, 15) is 9.59 Å². The highest BCUT2D eigenvalue weighted by Crippen LogP contribution is 2.34. The maximum atomic E-state index is 13.0. The Morgan fingerprint density at radius 3 is 2.21 bits per heavy atom. The zero-order valence-corrected chi connectivity index (χ0v) is 17.7. The van der Waals surface area contributed by atoms with E-state index in [2.05, 4.69) is 26.6 Å². The summed E-state index contributed by atoms with van der Waals surface area (Å²) < 4.78 is 0. The van der Waals surface area contributed by atoms with Crippen LogP contribution in [0.5, 0.6) is 0 Å². The monoisotopic (exact) mass is 390 g/mol. The molecule has 4 fully saturated rings. The summed E-state index contributed by atoms with van der Waals surface area (Å²) in [5.41, 5.74) is 0. The van der Waals surface area contributed by atoms with Crippen LogP contribution in [0.3, 0.4) is 0 Å². The smallest absolute Gasteiger partial charge is 0.227 e. The van der Waals surface area contributed by atoms with Crippen LogP contribution in [0.2, 0.25) is 0 Å². The Balaban J connectivity index is 1.22. The van der Waals surface area contributed by atoms with Crippen LogP contribution in [0.25, 0.3) is 0 Å². The van der Waals surface area contributed by atoms with Crippen molar-refractivity contribution in [3.05, 3.63) is 0 Å². The minimum absolute atomic E-state index is 0.176. The minimum Gasteiger partial charge on any atom is -0.343 e. The second-order valence-corrected chi connectivity index (χ2v) is 9.56. The third-order valence-corrected chi connectivity index (χ3v) is 7.41. The van der Waals surface area contributed by atoms with Gasteiger partial charge in [-0.3, -0.25) is 14.5 Å². The molecule has 3 heterocycles. The molecule has 28 heavy (non-hydrogen) atoms. The average Bonchev–Trinajstić information content (AvgIpc) is 3.57. The van der Waals surface area contributed by atoms with E-state index in [1.54, 1.807) is 0 Å². The number of piperazine rings is 1. The zero-order chi connectivity index (χ0) is 19.5. The van der Waals surface area contributed by atoms with Gasteiger partial charge in [-0.25, -0.2) is 0 Å². The molecule has 1 atom stereocenters. The lowest BCUT2D eigenvalue weighted by atomic mass is 9.92. The molecule has 0 unspecified atom stereocenters. The van der Waals surface area contributed by atoms with Crippen molar-refractivity contribution in [1.82, 2.24) is 19.6 Å². The SMILES string of the molecule is CN1CCN(C(=O)[C@H]2CCCN(C3CCN(C(=O)CCC4CC4)CC3)C2)CC1. The number of piperidine rings is 2. The molecule has 0 radical (unpaired) electrons. The molecule has 4 aliphatic rings. The van der Waals surface area contributed by atoms with Gasteiger partial charge in [-0.1, -0.05) is 12.8 Å². The topological polar surface area (TPSA) is 47.1 Å². The normalized spacial score (nSPS) is 28.5. The van der Waals surface area contributed by atoms with Crippen molar-refractivity contribution in [1.29, 1.82) is 0 Å². The van der Waals surface area contributed by atoms with Crippen LogP contribution < -0.4 is 0 Å². The number of hydrogen-bond donors (Lipinski definition) is 0. The van der Waals surface area contributed by atoms with Crippen molar-refractivity contribution in [2.45, 2.75) is 57.4 Å². The molecule has 0 aromatic heterocycles. The highest BCUT2D eigenvalue weighted by Gasteiger charge is 2.34. The highest BCUT2D eigenvalue weighted by atomic mass is 16.2. The van der Waals surface area contributed by atoms with Crippen molar-refractivity contribution < 1.29 is 9.59 Å². The Bertz CT molecular complexity index is 549. The van der Waals surface area contributed by atoms with Crippen LogP contribution in [0, 0.1) is 11.8 Å². The quantitative estimate of drug-likeness (QED) is 0.716. The average molecular weight is 391 g/mol. The maximum absolute atomic E-state index is 13.0. The molecule has 0 aromatic rings. The van der Waals surface area contributed by atoms with Gasteiger partial charge < -0.3 is 14.7 Å². The largest absolute Gasteiger partial charge is 0.343 e. The fourth-order valence-electron chi connectivity index (χ4n) is 5.20. The number of carbonyl (C=O) groups is 2. The van der Waals surface area contributed by atoms with E-state index in [4.69, 9.17) is 0 Å². The molecular weight excluding hydrogens is 352 g/mol. The lowest BCUT2D eigenvalue weighted by molar-refractivity contribution is -0.139. The number of likely N-dealkylation sites (tertiary alicyclic amines) is 2. The summed E-state index contributed by atoms with van der Waals surface area (Å²) in [4.78, 5) is 34.5. The summed E-state index contributed by atoms with van der Waals surface area (Å²) in [6.07, 6.45) is 8.83. The summed E-state index contributed by atoms with van der Waals surface area (Å²) in [6.45, 7) is 7.60. The Morgan fingerprint density at radius 2 is 1.54 bits per heavy atom. The van der Waals surface area contributed by atoms with Gasteiger partial charge in [0, 0.05) is 58.3 Å². The molecule has 6 heteroatoms. The van der Waals surface area contributed by atoms with Gasteiger partial charge in [-0.05, 0) is 51.6 Å². The van der Waals surface area contributed by atoms with Crippen LogP contribution in [0.4, 0.5) is 0 Å². The molecule has 4 rings (SSSR count). The van der Waals surface area contributed by atoms with Gasteiger partial charge in [-0.15, -0.1) is 0 Å². The first-order valence-corrected chi connectivity index (χ1v) is 11.6. The standard InChI is InChI=1S/C22H38N4O2/c1-23-13-15-25(16-14-23)22(28)19-3-2-10-26(17-19)20-8-11-24(12-9-20)21(27)7-6-18-4-5-18/h18-20H,2-17H2,1H3/t19-/m0/s1. The number of hydrogen-bond acceptors (Lipinski definition) is 4. The van der Waals surface area contributed by atoms with E-state index < -0.39 is 0 Å². The molecule has 6 nitrogen and oxygen atoms in total. The van der Waals surface area contributed by atoms with E-state index in [0.29, 0.717) is 17.9 Å². The van der Waals surface area contributed by atoms with E-state index in [1.807, 2.05) is 0 Å². The molecule has 0 spiro atoms. The molecular formula is C22H38N4O2. The molecule has 0 bridgehead atoms. The van der Waals surface area contributed by atoms with E-state index in [-0.39, 0.29) is 5.92 Å². The first-order chi connectivity index (χ1) is 13.6. The van der Waals surface area contributed by atoms with Gasteiger partial charge >= 0.3 is 0 Å². The van der Waals surface area contributed by atoms with Crippen LogP contribution in [0.1, 0.15) is 51.4 Å². The van der Waals surface area contributed by atoms with Crippen LogP contribution in [-0.2, 0) is 9.59 Å². The predicted octanol–water partition coefficient (Wildman–Crippen LogP) is 1.65. The van der Waals surface area contributed by atoms with Crippen molar-refractivity contribution in [2.75, 3.05) is 59.4 Å². The molecule has 3 saturated heterocycles. The number of carbonyl (C=O) groups excluding carboxylic acids is 2. The summed E-state index contributed by atoms with van der Waals surface area (Å²) in [7, 11) is 2.13. The van der Waals surface area contributed by atoms with Crippen molar-refractivity contribution in [2.24, 2.45) is 11.8 Å². The van der Waals surface area contributed by atoms with Gasteiger partial charge in [0.1, 0.15) is 0 Å². The molecule has 0 N–H and O–H groups in total. The lowest BCUT2D eigenvalue weighted by Gasteiger charge is -2.43. The minimum atomic E-state index is 0.176. The first kappa shape index (κ1) is 20.1. The molecule has 3 aliphatic heterocycles. The molecule has 158 valence electrons. The molecule has 1 saturated carbocycles. The Kier molecular flexibility index (Phi) is 6.56. The fraction of sp³-hybridized carbons (Fsp3) is 0.909. The number of likely N-dealkylation sites (N-methyl/N-ethyl adjacent to an activating group) is 1. The number of rotatable bonds is 5. The maximum Gasteiger partial charge on any atom is 0.227 e. The van der Waals surface area contributed by atoms with E-state index in [1.165, 1.54) is 12.8 Å². The van der Waals surface area contributed by atoms with Crippen molar-refractivity contribution in [3.8, 4) is 0 Å². The highest BCUT2D eigenvalue weighted by molar-refractivity contribution is 5.79. The van der Waals surface area contributed by atoms with Gasteiger partial charge in [0.05, 0.1) is 5.92 Å². The zero-order valence-electron chi connectivity index (χ0n) is 17.7. The van der Waals surface area contributed by atoms with Gasteiger partial charge in [-0.2, -0.15) is 0 Å². The van der Waals surface area contributed by atoms with Crippen LogP contribution >= 0.6 is 0 Å². The number of nitrogens with zero attached hydrogens (tertiary/aromatic N) is 4. The summed E-state index contributed by atoms with van der Waals surface area (Å²) in [5.74, 6) is 1.76. The van der Waals surface area contributed by atoms with Crippen LogP contribution in [0.15, 0.2) is 0 Å². The van der Waals surface area contributed by atoms with Gasteiger partial charge in [0.2, 0.25) is 11.8 Å². The Labute approximate surface area is 170 Å². The van der Waals surface area contributed by atoms with E-state index >= 15 is 0 Å². The van der Waals surface area contributed by atoms with Gasteiger partial charge in [0.25, 0.3) is 0 Å². The van der Waals surface area contributed by atoms with Crippen LogP contribution in [-0.4, -0.2) is 96.9 Å². The predicted molar refractivity (Wildman–Crippen MR) is 110 cm³/mol. The second-order valence-electron chi connectivity index (χ2n) is 9.56. The van der Waals surface area contributed by atoms with Gasteiger partial charge in [0.15, 0.2) is 0 Å². The molecule has 2 amide bonds. The third-order valence-electron chi connectivity index (χ3n) is 7.41. The lowest BCUT2D eigenvalue weighted by Crippen LogP contribution is -2.54.